The van der Waals surface area contributed by atoms with Crippen molar-refractivity contribution in [1.82, 2.24) is 9.80 Å². The number of nitrogens with one attached hydrogen (secondary N) is 1. The van der Waals surface area contributed by atoms with E-state index in [1.807, 2.05) is 70.2 Å². The summed E-state index contributed by atoms with van der Waals surface area (Å²) in [7, 11) is 1.62. The van der Waals surface area contributed by atoms with Crippen LogP contribution >= 0.6 is 0 Å². The molecule has 1 aliphatic rings. The largest absolute Gasteiger partial charge is 0.336 e. The zero-order valence-electron chi connectivity index (χ0n) is 18.9. The lowest BCUT2D eigenvalue weighted by Gasteiger charge is -2.26. The second-order valence-corrected chi connectivity index (χ2v) is 8.55. The zero-order chi connectivity index (χ0) is 22.7. The number of anilines is 1. The van der Waals surface area contributed by atoms with Gasteiger partial charge in [0.25, 0.3) is 0 Å². The number of likely N-dealkylation sites (N-methyl/N-ethyl adjacent to an activating group) is 1. The number of hydrogen-bond donors (Lipinski definition) is 1. The maximum absolute atomic E-state index is 12.9. The number of carbonyl (C=O) groups is 3. The zero-order valence-corrected chi connectivity index (χ0v) is 18.9. The summed E-state index contributed by atoms with van der Waals surface area (Å²) in [5.41, 5.74) is 4.95. The number of amides is 3. The van der Waals surface area contributed by atoms with E-state index >= 15 is 0 Å². The Balaban J connectivity index is 1.60. The maximum atomic E-state index is 12.9. The van der Waals surface area contributed by atoms with E-state index in [1.165, 1.54) is 4.90 Å². The van der Waals surface area contributed by atoms with Crippen LogP contribution < -0.4 is 5.32 Å². The molecular weight excluding hydrogens is 390 g/mol. The van der Waals surface area contributed by atoms with Crippen LogP contribution in [-0.4, -0.2) is 47.7 Å². The van der Waals surface area contributed by atoms with Gasteiger partial charge in [0.1, 0.15) is 0 Å². The fourth-order valence-electron chi connectivity index (χ4n) is 4.34. The molecule has 164 valence electrons. The first-order chi connectivity index (χ1) is 14.7. The van der Waals surface area contributed by atoms with Gasteiger partial charge in [-0.2, -0.15) is 0 Å². The van der Waals surface area contributed by atoms with Gasteiger partial charge in [-0.3, -0.25) is 14.4 Å². The summed E-state index contributed by atoms with van der Waals surface area (Å²) < 4.78 is 0. The topological polar surface area (TPSA) is 69.7 Å². The van der Waals surface area contributed by atoms with Gasteiger partial charge in [-0.15, -0.1) is 0 Å². The quantitative estimate of drug-likeness (QED) is 0.775. The third kappa shape index (κ3) is 5.13. The van der Waals surface area contributed by atoms with Crippen LogP contribution in [-0.2, 0) is 14.4 Å². The molecule has 6 heteroatoms. The van der Waals surface area contributed by atoms with Crippen molar-refractivity contribution in [2.45, 2.75) is 40.2 Å². The number of likely N-dealkylation sites (tertiary alicyclic amines) is 1. The summed E-state index contributed by atoms with van der Waals surface area (Å²) in [6, 6.07) is 13.7. The minimum atomic E-state index is -0.431. The highest BCUT2D eigenvalue weighted by Gasteiger charge is 2.38. The lowest BCUT2D eigenvalue weighted by atomic mass is 10.0. The highest BCUT2D eigenvalue weighted by Crippen LogP contribution is 2.29. The number of benzene rings is 2. The van der Waals surface area contributed by atoms with Crippen LogP contribution in [0.3, 0.4) is 0 Å². The molecule has 0 radical (unpaired) electrons. The number of carbonyl (C=O) groups excluding carboxylic acids is 3. The first kappa shape index (κ1) is 22.5. The van der Waals surface area contributed by atoms with Gasteiger partial charge in [0.05, 0.1) is 18.5 Å². The summed E-state index contributed by atoms with van der Waals surface area (Å²) in [5, 5.41) is 2.93. The van der Waals surface area contributed by atoms with E-state index in [9.17, 15) is 14.4 Å². The maximum Gasteiger partial charge on any atom is 0.243 e. The van der Waals surface area contributed by atoms with Crippen LogP contribution in [0, 0.1) is 26.7 Å². The van der Waals surface area contributed by atoms with Crippen LogP contribution in [0.4, 0.5) is 5.69 Å². The lowest BCUT2D eigenvalue weighted by molar-refractivity contribution is -0.137. The average molecular weight is 422 g/mol. The molecular formula is C25H31N3O3. The Bertz CT molecular complexity index is 964. The molecule has 0 bridgehead atoms. The van der Waals surface area contributed by atoms with Gasteiger partial charge in [-0.1, -0.05) is 48.0 Å². The number of aryl methyl sites for hydroxylation is 3. The molecule has 2 aromatic carbocycles. The Morgan fingerprint density at radius 3 is 2.35 bits per heavy atom. The third-order valence-electron chi connectivity index (χ3n) is 5.96. The minimum absolute atomic E-state index is 0.0292. The molecule has 2 aromatic rings. The molecule has 1 fully saturated rings. The van der Waals surface area contributed by atoms with Crippen molar-refractivity contribution in [1.29, 1.82) is 0 Å². The van der Waals surface area contributed by atoms with E-state index in [-0.39, 0.29) is 36.7 Å². The normalized spacial score (nSPS) is 16.9. The monoisotopic (exact) mass is 421 g/mol. The van der Waals surface area contributed by atoms with Crippen molar-refractivity contribution in [3.05, 3.63) is 64.7 Å². The SMILES string of the molecule is Cc1cc(C)c(NC(=O)CN(C)C(=O)C2CC(=O)N(C(C)c3ccccc3)C2)c(C)c1. The highest BCUT2D eigenvalue weighted by molar-refractivity contribution is 5.97. The molecule has 0 saturated carbocycles. The predicted molar refractivity (Wildman–Crippen MR) is 122 cm³/mol. The fourth-order valence-corrected chi connectivity index (χ4v) is 4.34. The van der Waals surface area contributed by atoms with Gasteiger partial charge in [0.2, 0.25) is 17.7 Å². The molecule has 0 aliphatic carbocycles. The Labute approximate surface area is 184 Å². The summed E-state index contributed by atoms with van der Waals surface area (Å²) in [6.07, 6.45) is 0.179. The minimum Gasteiger partial charge on any atom is -0.336 e. The van der Waals surface area contributed by atoms with Crippen molar-refractivity contribution >= 4 is 23.4 Å². The molecule has 1 aliphatic heterocycles. The van der Waals surface area contributed by atoms with Crippen LogP contribution in [0.2, 0.25) is 0 Å². The highest BCUT2D eigenvalue weighted by atomic mass is 16.2. The summed E-state index contributed by atoms with van der Waals surface area (Å²) >= 11 is 0. The van der Waals surface area contributed by atoms with E-state index in [0.717, 1.165) is 27.9 Å². The van der Waals surface area contributed by atoms with Gasteiger partial charge < -0.3 is 15.1 Å². The summed E-state index contributed by atoms with van der Waals surface area (Å²) in [6.45, 7) is 8.22. The first-order valence-electron chi connectivity index (χ1n) is 10.6. The van der Waals surface area contributed by atoms with Crippen molar-refractivity contribution in [2.75, 3.05) is 25.5 Å². The Morgan fingerprint density at radius 2 is 1.74 bits per heavy atom. The molecule has 3 rings (SSSR count). The van der Waals surface area contributed by atoms with E-state index < -0.39 is 5.92 Å². The van der Waals surface area contributed by atoms with Gasteiger partial charge in [0, 0.05) is 25.7 Å². The Hall–Kier alpha value is -3.15. The van der Waals surface area contributed by atoms with Crippen molar-refractivity contribution in [2.24, 2.45) is 5.92 Å². The van der Waals surface area contributed by atoms with Gasteiger partial charge in [0.15, 0.2) is 0 Å². The van der Waals surface area contributed by atoms with Crippen LogP contribution in [0.5, 0.6) is 0 Å². The average Bonchev–Trinajstić information content (AvgIpc) is 3.11. The number of hydrogen-bond acceptors (Lipinski definition) is 3. The Kier molecular flexibility index (Phi) is 6.78. The standard InChI is InChI=1S/C25H31N3O3/c1-16-11-17(2)24(18(3)12-16)26-22(29)15-27(5)25(31)21-13-23(30)28(14-21)19(4)20-9-7-6-8-10-20/h6-12,19,21H,13-15H2,1-5H3,(H,26,29). The number of rotatable bonds is 6. The predicted octanol–water partition coefficient (Wildman–Crippen LogP) is 3.62. The molecule has 1 N–H and O–H groups in total. The van der Waals surface area contributed by atoms with E-state index in [4.69, 9.17) is 0 Å². The summed E-state index contributed by atoms with van der Waals surface area (Å²) in [5.74, 6) is -0.883. The third-order valence-corrected chi connectivity index (χ3v) is 5.96. The van der Waals surface area contributed by atoms with Gasteiger partial charge >= 0.3 is 0 Å². The second-order valence-electron chi connectivity index (χ2n) is 8.55. The number of nitrogens with zero attached hydrogens (tertiary/aromatic N) is 2. The summed E-state index contributed by atoms with van der Waals surface area (Å²) in [4.78, 5) is 41.2. The van der Waals surface area contributed by atoms with Crippen molar-refractivity contribution in [3.63, 3.8) is 0 Å². The Morgan fingerprint density at radius 1 is 1.13 bits per heavy atom. The second kappa shape index (κ2) is 9.33. The first-order valence-corrected chi connectivity index (χ1v) is 10.6. The van der Waals surface area contributed by atoms with E-state index in [1.54, 1.807) is 11.9 Å². The molecule has 31 heavy (non-hydrogen) atoms. The van der Waals surface area contributed by atoms with Gasteiger partial charge in [-0.05, 0) is 44.4 Å². The molecule has 3 amide bonds. The van der Waals surface area contributed by atoms with E-state index in [2.05, 4.69) is 5.32 Å². The molecule has 0 spiro atoms. The lowest BCUT2D eigenvalue weighted by Crippen LogP contribution is -2.39. The van der Waals surface area contributed by atoms with Gasteiger partial charge in [-0.25, -0.2) is 0 Å². The van der Waals surface area contributed by atoms with Crippen LogP contribution in [0.15, 0.2) is 42.5 Å². The fraction of sp³-hybridized carbons (Fsp3) is 0.400. The molecule has 2 unspecified atom stereocenters. The van der Waals surface area contributed by atoms with Crippen LogP contribution in [0.1, 0.15) is 41.6 Å². The molecule has 1 heterocycles. The molecule has 0 aromatic heterocycles. The van der Waals surface area contributed by atoms with E-state index in [0.29, 0.717) is 6.54 Å². The smallest absolute Gasteiger partial charge is 0.243 e. The molecule has 1 saturated heterocycles. The van der Waals surface area contributed by atoms with Crippen LogP contribution in [0.25, 0.3) is 0 Å². The van der Waals surface area contributed by atoms with Crippen molar-refractivity contribution in [3.8, 4) is 0 Å². The molecule has 2 atom stereocenters. The molecule has 6 nitrogen and oxygen atoms in total. The van der Waals surface area contributed by atoms with Crippen molar-refractivity contribution < 1.29 is 14.4 Å².